The summed E-state index contributed by atoms with van der Waals surface area (Å²) in [4.78, 5) is 23.1. The van der Waals surface area contributed by atoms with E-state index >= 15 is 0 Å². The van der Waals surface area contributed by atoms with Crippen LogP contribution in [0.3, 0.4) is 0 Å². The van der Waals surface area contributed by atoms with Crippen molar-refractivity contribution in [2.75, 3.05) is 5.73 Å². The van der Waals surface area contributed by atoms with Crippen molar-refractivity contribution in [3.05, 3.63) is 23.4 Å². The molecule has 0 aromatic carbocycles. The second kappa shape index (κ2) is 5.84. The van der Waals surface area contributed by atoms with Crippen molar-refractivity contribution in [3.8, 4) is 0 Å². The van der Waals surface area contributed by atoms with E-state index in [1.165, 1.54) is 12.3 Å². The van der Waals surface area contributed by atoms with Gasteiger partial charge in [-0.15, -0.1) is 0 Å². The van der Waals surface area contributed by atoms with E-state index in [1.807, 2.05) is 0 Å². The number of carboxylic acids is 2. The first-order chi connectivity index (χ1) is 8.07. The van der Waals surface area contributed by atoms with Gasteiger partial charge in [0.05, 0.1) is 5.56 Å². The van der Waals surface area contributed by atoms with Gasteiger partial charge in [-0.3, -0.25) is 0 Å². The smallest absolute Gasteiger partial charge is 0.478 e. The van der Waals surface area contributed by atoms with Crippen molar-refractivity contribution >= 4 is 17.8 Å². The van der Waals surface area contributed by atoms with Gasteiger partial charge in [-0.2, -0.15) is 13.2 Å². The number of nitrogen functional groups attached to an aromatic ring is 1. The van der Waals surface area contributed by atoms with Gasteiger partial charge < -0.3 is 15.9 Å². The van der Waals surface area contributed by atoms with E-state index in [9.17, 15) is 18.0 Å². The van der Waals surface area contributed by atoms with Gasteiger partial charge in [0.2, 0.25) is 0 Å². The maximum absolute atomic E-state index is 10.6. The third kappa shape index (κ3) is 4.68. The van der Waals surface area contributed by atoms with Crippen LogP contribution in [0.5, 0.6) is 0 Å². The number of halogens is 3. The topological polar surface area (TPSA) is 114 Å². The van der Waals surface area contributed by atoms with Crippen LogP contribution in [-0.2, 0) is 4.79 Å². The summed E-state index contributed by atoms with van der Waals surface area (Å²) in [5, 5.41) is 15.7. The van der Waals surface area contributed by atoms with Crippen LogP contribution in [-0.4, -0.2) is 33.3 Å². The molecule has 18 heavy (non-hydrogen) atoms. The molecular formula is C9H9F3N2O4. The first-order valence-electron chi connectivity index (χ1n) is 4.31. The van der Waals surface area contributed by atoms with E-state index in [1.54, 1.807) is 6.92 Å². The van der Waals surface area contributed by atoms with E-state index in [2.05, 4.69) is 4.98 Å². The van der Waals surface area contributed by atoms with Gasteiger partial charge in [0.15, 0.2) is 0 Å². The molecule has 0 unspecified atom stereocenters. The van der Waals surface area contributed by atoms with Gasteiger partial charge in [0.1, 0.15) is 5.82 Å². The first kappa shape index (κ1) is 15.7. The lowest BCUT2D eigenvalue weighted by molar-refractivity contribution is -0.192. The highest BCUT2D eigenvalue weighted by atomic mass is 19.4. The number of hydrogen-bond acceptors (Lipinski definition) is 4. The molecule has 0 saturated carbocycles. The Bertz CT molecular complexity index is 460. The summed E-state index contributed by atoms with van der Waals surface area (Å²) in [6, 6.07) is 1.42. The largest absolute Gasteiger partial charge is 0.490 e. The monoisotopic (exact) mass is 266 g/mol. The normalized spacial score (nSPS) is 10.2. The molecule has 1 heterocycles. The van der Waals surface area contributed by atoms with Crippen LogP contribution in [0.25, 0.3) is 0 Å². The Morgan fingerprint density at radius 3 is 2.06 bits per heavy atom. The minimum Gasteiger partial charge on any atom is -0.478 e. The molecule has 0 aliphatic rings. The molecule has 0 aliphatic carbocycles. The minimum atomic E-state index is -5.08. The Morgan fingerprint density at radius 1 is 1.33 bits per heavy atom. The Balaban J connectivity index is 0.000000360. The van der Waals surface area contributed by atoms with Crippen molar-refractivity contribution in [1.29, 1.82) is 0 Å². The second-order valence-electron chi connectivity index (χ2n) is 2.98. The lowest BCUT2D eigenvalue weighted by Crippen LogP contribution is -2.21. The molecule has 1 aromatic heterocycles. The van der Waals surface area contributed by atoms with E-state index < -0.39 is 18.1 Å². The predicted octanol–water partition coefficient (Wildman–Crippen LogP) is 1.30. The summed E-state index contributed by atoms with van der Waals surface area (Å²) in [6.07, 6.45) is -3.70. The van der Waals surface area contributed by atoms with E-state index in [-0.39, 0.29) is 11.4 Å². The summed E-state index contributed by atoms with van der Waals surface area (Å²) in [6.45, 7) is 1.63. The number of nitrogens with two attached hydrogens (primary N) is 1. The van der Waals surface area contributed by atoms with Crippen LogP contribution in [0, 0.1) is 6.92 Å². The number of aromatic nitrogens is 1. The number of hydrogen-bond donors (Lipinski definition) is 3. The van der Waals surface area contributed by atoms with E-state index in [0.717, 1.165) is 0 Å². The average molecular weight is 266 g/mol. The molecule has 0 aliphatic heterocycles. The fourth-order valence-corrected chi connectivity index (χ4v) is 0.784. The van der Waals surface area contributed by atoms with Crippen molar-refractivity contribution in [2.45, 2.75) is 13.1 Å². The number of pyridine rings is 1. The van der Waals surface area contributed by atoms with Gasteiger partial charge in [0.25, 0.3) is 0 Å². The molecule has 1 rings (SSSR count). The molecule has 9 heteroatoms. The summed E-state index contributed by atoms with van der Waals surface area (Å²) in [5.74, 6) is -3.46. The molecule has 0 spiro atoms. The van der Waals surface area contributed by atoms with Crippen molar-refractivity contribution in [1.82, 2.24) is 4.98 Å². The van der Waals surface area contributed by atoms with Gasteiger partial charge in [-0.25, -0.2) is 14.6 Å². The number of aromatic carboxylic acids is 1. The minimum absolute atomic E-state index is 0.206. The molecule has 100 valence electrons. The third-order valence-electron chi connectivity index (χ3n) is 1.72. The number of anilines is 1. The number of aliphatic carboxylic acids is 1. The molecule has 0 saturated heterocycles. The highest BCUT2D eigenvalue weighted by Crippen LogP contribution is 2.13. The molecule has 4 N–H and O–H groups in total. The van der Waals surface area contributed by atoms with Crippen LogP contribution >= 0.6 is 0 Å². The van der Waals surface area contributed by atoms with Crippen LogP contribution in [0.4, 0.5) is 19.0 Å². The lowest BCUT2D eigenvalue weighted by atomic mass is 10.1. The molecule has 0 bridgehead atoms. The van der Waals surface area contributed by atoms with Crippen LogP contribution in [0.2, 0.25) is 0 Å². The fourth-order valence-electron chi connectivity index (χ4n) is 0.784. The standard InChI is InChI=1S/C7H8N2O2.C2HF3O2/c1-4-5(7(10)11)2-3-9-6(4)8;3-2(4,5)1(6)7/h2-3H,1H3,(H2,8,9)(H,10,11);(H,6,7). The molecule has 0 atom stereocenters. The number of alkyl halides is 3. The first-order valence-corrected chi connectivity index (χ1v) is 4.31. The zero-order valence-corrected chi connectivity index (χ0v) is 9.02. The Kier molecular flexibility index (Phi) is 5.09. The van der Waals surface area contributed by atoms with Gasteiger partial charge >= 0.3 is 18.1 Å². The van der Waals surface area contributed by atoms with Gasteiger partial charge in [0, 0.05) is 11.8 Å². The predicted molar refractivity (Wildman–Crippen MR) is 54.0 cm³/mol. The summed E-state index contributed by atoms with van der Waals surface area (Å²) in [5.41, 5.74) is 6.10. The Hall–Kier alpha value is -2.32. The van der Waals surface area contributed by atoms with Crippen molar-refractivity contribution in [2.24, 2.45) is 0 Å². The maximum atomic E-state index is 10.6. The molecular weight excluding hydrogens is 257 g/mol. The van der Waals surface area contributed by atoms with Crippen LogP contribution < -0.4 is 5.73 Å². The molecule has 0 fully saturated rings. The van der Waals surface area contributed by atoms with E-state index in [0.29, 0.717) is 5.56 Å². The zero-order valence-electron chi connectivity index (χ0n) is 9.02. The van der Waals surface area contributed by atoms with Crippen LogP contribution in [0.1, 0.15) is 15.9 Å². The number of nitrogens with zero attached hydrogens (tertiary/aromatic N) is 1. The average Bonchev–Trinajstić information content (AvgIpc) is 2.21. The van der Waals surface area contributed by atoms with E-state index in [4.69, 9.17) is 20.7 Å². The summed E-state index contributed by atoms with van der Waals surface area (Å²) < 4.78 is 31.7. The maximum Gasteiger partial charge on any atom is 0.490 e. The quantitative estimate of drug-likeness (QED) is 0.706. The molecule has 6 nitrogen and oxygen atoms in total. The summed E-state index contributed by atoms with van der Waals surface area (Å²) >= 11 is 0. The molecule has 1 aromatic rings. The Labute approximate surface area is 98.9 Å². The SMILES string of the molecule is Cc1c(C(=O)O)ccnc1N.O=C(O)C(F)(F)F. The number of carbonyl (C=O) groups is 2. The van der Waals surface area contributed by atoms with Crippen LogP contribution in [0.15, 0.2) is 12.3 Å². The van der Waals surface area contributed by atoms with Crippen molar-refractivity contribution < 1.29 is 33.0 Å². The zero-order chi connectivity index (χ0) is 14.5. The molecule has 0 radical (unpaired) electrons. The van der Waals surface area contributed by atoms with Gasteiger partial charge in [-0.05, 0) is 13.0 Å². The highest BCUT2D eigenvalue weighted by molar-refractivity contribution is 5.90. The molecule has 0 amide bonds. The fraction of sp³-hybridized carbons (Fsp3) is 0.222. The summed E-state index contributed by atoms with van der Waals surface area (Å²) in [7, 11) is 0. The lowest BCUT2D eigenvalue weighted by Gasteiger charge is -2.00. The van der Waals surface area contributed by atoms with Crippen molar-refractivity contribution in [3.63, 3.8) is 0 Å². The third-order valence-corrected chi connectivity index (χ3v) is 1.72. The number of rotatable bonds is 1. The Morgan fingerprint density at radius 2 is 1.78 bits per heavy atom. The highest BCUT2D eigenvalue weighted by Gasteiger charge is 2.38. The second-order valence-corrected chi connectivity index (χ2v) is 2.98. The number of carboxylic acid groups (broad SMARTS) is 2. The van der Waals surface area contributed by atoms with Gasteiger partial charge in [-0.1, -0.05) is 0 Å².